The van der Waals surface area contributed by atoms with Gasteiger partial charge in [0.05, 0.1) is 4.91 Å². The highest BCUT2D eigenvalue weighted by Crippen LogP contribution is 2.42. The molecule has 0 fully saturated rings. The molecule has 0 amide bonds. The Hall–Kier alpha value is -3.47. The van der Waals surface area contributed by atoms with E-state index in [-0.39, 0.29) is 11.3 Å². The lowest BCUT2D eigenvalue weighted by Crippen LogP contribution is -2.20. The van der Waals surface area contributed by atoms with Crippen molar-refractivity contribution in [3.8, 4) is 0 Å². The number of allylic oxidation sites excluding steroid dienone is 6. The van der Waals surface area contributed by atoms with Gasteiger partial charge in [0.2, 0.25) is 0 Å². The summed E-state index contributed by atoms with van der Waals surface area (Å²) in [4.78, 5) is 0.0154. The first-order valence-electron chi connectivity index (χ1n) is 10.4. The Morgan fingerprint density at radius 1 is 0.719 bits per heavy atom. The third-order valence-electron chi connectivity index (χ3n) is 5.49. The number of rotatable bonds is 6. The van der Waals surface area contributed by atoms with Gasteiger partial charge in [0, 0.05) is 11.8 Å². The van der Waals surface area contributed by atoms with Gasteiger partial charge in [0.25, 0.3) is 10.1 Å². The van der Waals surface area contributed by atoms with Crippen LogP contribution in [0, 0.1) is 5.41 Å². The summed E-state index contributed by atoms with van der Waals surface area (Å²) in [6.45, 7) is 0. The van der Waals surface area contributed by atoms with Crippen LogP contribution in [0.3, 0.4) is 0 Å². The van der Waals surface area contributed by atoms with Crippen LogP contribution in [0.5, 0.6) is 0 Å². The minimum absolute atomic E-state index is 0.0154. The van der Waals surface area contributed by atoms with Crippen molar-refractivity contribution in [1.82, 2.24) is 0 Å². The van der Waals surface area contributed by atoms with Crippen LogP contribution in [0.25, 0.3) is 17.7 Å². The Kier molecular flexibility index (Phi) is 6.35. The largest absolute Gasteiger partial charge is 0.291 e. The monoisotopic (exact) mass is 440 g/mol. The predicted molar refractivity (Wildman–Crippen MR) is 132 cm³/mol. The van der Waals surface area contributed by atoms with E-state index in [0.717, 1.165) is 16.7 Å². The van der Waals surface area contributed by atoms with Gasteiger partial charge in [-0.2, -0.15) is 8.42 Å². The molecule has 1 aliphatic carbocycles. The van der Waals surface area contributed by atoms with Crippen LogP contribution in [0.1, 0.15) is 23.1 Å². The Balaban J connectivity index is 1.80. The smallest absolute Gasteiger partial charge is 0.282 e. The van der Waals surface area contributed by atoms with E-state index in [1.54, 1.807) is 6.08 Å². The standard InChI is InChI=1S/C28H24O3S/c29-32(30,31)27-22-28(19-16-23-10-4-1-5-11-23,20-17-24-12-6-2-7-13-24)21-18-26(27)25-14-8-3-9-15-25/h1-21H,22H2,(H,29,30,31). The van der Waals surface area contributed by atoms with Crippen molar-refractivity contribution < 1.29 is 13.0 Å². The normalized spacial score (nSPS) is 19.2. The molecular weight excluding hydrogens is 416 g/mol. The molecule has 0 aromatic heterocycles. The summed E-state index contributed by atoms with van der Waals surface area (Å²) in [7, 11) is -4.40. The highest BCUT2D eigenvalue weighted by molar-refractivity contribution is 7.90. The van der Waals surface area contributed by atoms with Crippen molar-refractivity contribution in [1.29, 1.82) is 0 Å². The van der Waals surface area contributed by atoms with E-state index < -0.39 is 15.5 Å². The molecule has 32 heavy (non-hydrogen) atoms. The van der Waals surface area contributed by atoms with Crippen LogP contribution in [0.4, 0.5) is 0 Å². The minimum Gasteiger partial charge on any atom is -0.282 e. The molecule has 0 atom stereocenters. The molecule has 0 saturated heterocycles. The SMILES string of the molecule is O=S(=O)(O)C1=C(c2ccccc2)C=CC(C=Cc2ccccc2)(C=Cc2ccccc2)C1. The first-order chi connectivity index (χ1) is 15.5. The van der Waals surface area contributed by atoms with Crippen molar-refractivity contribution in [3.05, 3.63) is 137 Å². The molecule has 1 N–H and O–H groups in total. The quantitative estimate of drug-likeness (QED) is 0.436. The van der Waals surface area contributed by atoms with Crippen molar-refractivity contribution in [3.63, 3.8) is 0 Å². The second-order valence-electron chi connectivity index (χ2n) is 7.79. The van der Waals surface area contributed by atoms with E-state index in [9.17, 15) is 13.0 Å². The van der Waals surface area contributed by atoms with E-state index in [4.69, 9.17) is 0 Å². The Labute approximate surface area is 189 Å². The summed E-state index contributed by atoms with van der Waals surface area (Å²) >= 11 is 0. The summed E-state index contributed by atoms with van der Waals surface area (Å²) < 4.78 is 35.0. The molecule has 0 heterocycles. The molecule has 3 aromatic rings. The van der Waals surface area contributed by atoms with Gasteiger partial charge in [-0.25, -0.2) is 0 Å². The number of hydrogen-bond acceptors (Lipinski definition) is 2. The molecule has 0 radical (unpaired) electrons. The Morgan fingerprint density at radius 2 is 1.19 bits per heavy atom. The predicted octanol–water partition coefficient (Wildman–Crippen LogP) is 6.66. The maximum atomic E-state index is 12.4. The molecule has 0 spiro atoms. The Morgan fingerprint density at radius 3 is 1.66 bits per heavy atom. The highest BCUT2D eigenvalue weighted by atomic mass is 32.2. The second kappa shape index (κ2) is 9.35. The number of benzene rings is 3. The third-order valence-corrected chi connectivity index (χ3v) is 6.48. The molecular formula is C28H24O3S. The van der Waals surface area contributed by atoms with Crippen molar-refractivity contribution in [2.45, 2.75) is 6.42 Å². The lowest BCUT2D eigenvalue weighted by atomic mass is 9.77. The summed E-state index contributed by atoms with van der Waals surface area (Å²) in [5, 5.41) is 0. The molecule has 160 valence electrons. The van der Waals surface area contributed by atoms with E-state index in [1.165, 1.54) is 0 Å². The van der Waals surface area contributed by atoms with E-state index in [1.807, 2.05) is 121 Å². The highest BCUT2D eigenvalue weighted by Gasteiger charge is 2.33. The van der Waals surface area contributed by atoms with Crippen molar-refractivity contribution in [2.24, 2.45) is 5.41 Å². The van der Waals surface area contributed by atoms with Crippen molar-refractivity contribution in [2.75, 3.05) is 0 Å². The molecule has 0 bridgehead atoms. The summed E-state index contributed by atoms with van der Waals surface area (Å²) in [6.07, 6.45) is 11.9. The maximum absolute atomic E-state index is 12.4. The van der Waals surface area contributed by atoms with Gasteiger partial charge in [-0.1, -0.05) is 127 Å². The second-order valence-corrected chi connectivity index (χ2v) is 9.23. The summed E-state index contributed by atoms with van der Waals surface area (Å²) in [5.74, 6) is 0. The van der Waals surface area contributed by atoms with E-state index >= 15 is 0 Å². The molecule has 0 unspecified atom stereocenters. The first kappa shape index (κ1) is 21.8. The average Bonchev–Trinajstić information content (AvgIpc) is 2.83. The summed E-state index contributed by atoms with van der Waals surface area (Å²) in [6, 6.07) is 29.0. The van der Waals surface area contributed by atoms with E-state index in [2.05, 4.69) is 0 Å². The van der Waals surface area contributed by atoms with Gasteiger partial charge in [0.1, 0.15) is 0 Å². The van der Waals surface area contributed by atoms with Gasteiger partial charge < -0.3 is 0 Å². The molecule has 0 aliphatic heterocycles. The van der Waals surface area contributed by atoms with Gasteiger partial charge in [0.15, 0.2) is 0 Å². The zero-order chi connectivity index (χ0) is 22.4. The topological polar surface area (TPSA) is 54.4 Å². The zero-order valence-corrected chi connectivity index (χ0v) is 18.3. The third kappa shape index (κ3) is 5.22. The zero-order valence-electron chi connectivity index (χ0n) is 17.5. The van der Waals surface area contributed by atoms with Gasteiger partial charge in [-0.05, 0) is 22.3 Å². The Bertz CT molecular complexity index is 1240. The van der Waals surface area contributed by atoms with Crippen LogP contribution in [0.15, 0.2) is 120 Å². The molecule has 4 heteroatoms. The van der Waals surface area contributed by atoms with Crippen LogP contribution < -0.4 is 0 Å². The van der Waals surface area contributed by atoms with Crippen LogP contribution in [-0.4, -0.2) is 13.0 Å². The first-order valence-corrected chi connectivity index (χ1v) is 11.8. The van der Waals surface area contributed by atoms with Crippen LogP contribution in [-0.2, 0) is 10.1 Å². The van der Waals surface area contributed by atoms with Crippen LogP contribution >= 0.6 is 0 Å². The van der Waals surface area contributed by atoms with E-state index in [0.29, 0.717) is 5.57 Å². The molecule has 0 saturated carbocycles. The van der Waals surface area contributed by atoms with Crippen LogP contribution in [0.2, 0.25) is 0 Å². The van der Waals surface area contributed by atoms with Gasteiger partial charge in [-0.15, -0.1) is 0 Å². The van der Waals surface area contributed by atoms with Crippen molar-refractivity contribution >= 4 is 27.8 Å². The summed E-state index contributed by atoms with van der Waals surface area (Å²) in [5.41, 5.74) is 2.59. The molecule has 1 aliphatic rings. The van der Waals surface area contributed by atoms with Gasteiger partial charge >= 0.3 is 0 Å². The number of hydrogen-bond donors (Lipinski definition) is 1. The average molecular weight is 441 g/mol. The maximum Gasteiger partial charge on any atom is 0.291 e. The molecule has 4 rings (SSSR count). The fourth-order valence-electron chi connectivity index (χ4n) is 3.78. The molecule has 3 nitrogen and oxygen atoms in total. The minimum atomic E-state index is -4.40. The lowest BCUT2D eigenvalue weighted by molar-refractivity contribution is 0.484. The molecule has 3 aromatic carbocycles. The fourth-order valence-corrected chi connectivity index (χ4v) is 4.68. The lowest BCUT2D eigenvalue weighted by Gasteiger charge is -2.29. The fraction of sp³-hybridized carbons (Fsp3) is 0.0714. The van der Waals surface area contributed by atoms with Gasteiger partial charge in [-0.3, -0.25) is 4.55 Å².